The second kappa shape index (κ2) is 5.06. The Bertz CT molecular complexity index is 573. The first-order chi connectivity index (χ1) is 9.51. The molecule has 1 aromatic heterocycles. The van der Waals surface area contributed by atoms with E-state index in [9.17, 15) is 10.1 Å². The van der Waals surface area contributed by atoms with E-state index in [1.54, 1.807) is 6.92 Å². The van der Waals surface area contributed by atoms with Gasteiger partial charge in [0.2, 0.25) is 11.1 Å². The van der Waals surface area contributed by atoms with Gasteiger partial charge < -0.3 is 9.64 Å². The van der Waals surface area contributed by atoms with E-state index in [0.29, 0.717) is 13.1 Å². The van der Waals surface area contributed by atoms with E-state index in [1.807, 2.05) is 32.6 Å². The number of halogens is 1. The van der Waals surface area contributed by atoms with Crippen LogP contribution in [0.5, 0.6) is 0 Å². The van der Waals surface area contributed by atoms with Crippen LogP contribution in [0.15, 0.2) is 0 Å². The summed E-state index contributed by atoms with van der Waals surface area (Å²) < 4.78 is 5.99. The lowest BCUT2D eigenvalue weighted by molar-refractivity contribution is -0.385. The molecule has 0 radical (unpaired) electrons. The Morgan fingerprint density at radius 3 is 2.24 bits per heavy atom. The van der Waals surface area contributed by atoms with Crippen molar-refractivity contribution < 1.29 is 9.66 Å². The van der Waals surface area contributed by atoms with E-state index in [1.165, 1.54) is 0 Å². The fraction of sp³-hybridized carbons (Fsp3) is 0.692. The number of nitro groups is 1. The summed E-state index contributed by atoms with van der Waals surface area (Å²) in [4.78, 5) is 20.7. The highest BCUT2D eigenvalue weighted by atomic mass is 35.5. The predicted molar refractivity (Wildman–Crippen MR) is 79.9 cm³/mol. The van der Waals surface area contributed by atoms with Gasteiger partial charge in [-0.2, -0.15) is 4.98 Å². The molecule has 0 bridgehead atoms. The average molecular weight is 315 g/mol. The Labute approximate surface area is 128 Å². The number of hydrogen-bond donors (Lipinski definition) is 0. The Morgan fingerprint density at radius 1 is 1.24 bits per heavy atom. The van der Waals surface area contributed by atoms with Crippen LogP contribution in [-0.2, 0) is 4.74 Å². The van der Waals surface area contributed by atoms with Crippen LogP contribution >= 0.6 is 11.6 Å². The van der Waals surface area contributed by atoms with E-state index in [2.05, 4.69) is 9.97 Å². The second-order valence-corrected chi connectivity index (χ2v) is 6.82. The van der Waals surface area contributed by atoms with Gasteiger partial charge in [0.05, 0.1) is 16.1 Å². The summed E-state index contributed by atoms with van der Waals surface area (Å²) >= 11 is 5.89. The molecule has 1 aromatic rings. The molecule has 1 aliphatic heterocycles. The van der Waals surface area contributed by atoms with Crippen molar-refractivity contribution in [1.82, 2.24) is 9.97 Å². The van der Waals surface area contributed by atoms with Crippen LogP contribution in [0.25, 0.3) is 0 Å². The zero-order valence-corrected chi connectivity index (χ0v) is 13.6. The maximum absolute atomic E-state index is 11.3. The van der Waals surface area contributed by atoms with Gasteiger partial charge in [0.1, 0.15) is 5.69 Å². The van der Waals surface area contributed by atoms with Crippen LogP contribution in [-0.4, -0.2) is 39.2 Å². The van der Waals surface area contributed by atoms with Crippen LogP contribution in [0.4, 0.5) is 11.5 Å². The molecule has 0 aromatic carbocycles. The maximum atomic E-state index is 11.3. The molecule has 1 saturated heterocycles. The lowest BCUT2D eigenvalue weighted by atomic mass is 9.99. The fourth-order valence-corrected chi connectivity index (χ4v) is 3.10. The summed E-state index contributed by atoms with van der Waals surface area (Å²) in [6.07, 6.45) is 0. The highest BCUT2D eigenvalue weighted by Crippen LogP contribution is 2.36. The molecule has 116 valence electrons. The van der Waals surface area contributed by atoms with Crippen LogP contribution in [0, 0.1) is 17.0 Å². The van der Waals surface area contributed by atoms with E-state index < -0.39 is 16.1 Å². The van der Waals surface area contributed by atoms with Crippen molar-refractivity contribution in [3.05, 3.63) is 21.1 Å². The quantitative estimate of drug-likeness (QED) is 0.474. The first-order valence-corrected chi connectivity index (χ1v) is 7.02. The topological polar surface area (TPSA) is 81.4 Å². The van der Waals surface area contributed by atoms with Crippen molar-refractivity contribution in [2.45, 2.75) is 45.8 Å². The number of ether oxygens (including phenoxy) is 1. The zero-order valence-electron chi connectivity index (χ0n) is 12.8. The van der Waals surface area contributed by atoms with Gasteiger partial charge in [-0.3, -0.25) is 10.1 Å². The summed E-state index contributed by atoms with van der Waals surface area (Å²) in [5, 5.41) is 11.4. The van der Waals surface area contributed by atoms with Gasteiger partial charge in [0.25, 0.3) is 0 Å². The molecule has 0 atom stereocenters. The molecular formula is C13H19ClN4O3. The van der Waals surface area contributed by atoms with Gasteiger partial charge in [0.15, 0.2) is 0 Å². The minimum atomic E-state index is -0.462. The van der Waals surface area contributed by atoms with Gasteiger partial charge >= 0.3 is 5.69 Å². The molecule has 8 heteroatoms. The third kappa shape index (κ3) is 3.41. The Balaban J connectivity index is 2.53. The summed E-state index contributed by atoms with van der Waals surface area (Å²) in [5.41, 5.74) is -0.730. The molecule has 0 saturated carbocycles. The van der Waals surface area contributed by atoms with Crippen molar-refractivity contribution in [2.75, 3.05) is 18.0 Å². The fourth-order valence-electron chi connectivity index (χ4n) is 2.89. The smallest absolute Gasteiger partial charge is 0.332 e. The molecule has 21 heavy (non-hydrogen) atoms. The summed E-state index contributed by atoms with van der Waals surface area (Å²) in [6.45, 7) is 10.3. The third-order valence-electron chi connectivity index (χ3n) is 3.19. The average Bonchev–Trinajstić information content (AvgIpc) is 2.22. The largest absolute Gasteiger partial charge is 0.366 e. The number of aryl methyl sites for hydroxylation is 1. The van der Waals surface area contributed by atoms with Gasteiger partial charge in [-0.25, -0.2) is 4.98 Å². The van der Waals surface area contributed by atoms with Crippen molar-refractivity contribution in [3.63, 3.8) is 0 Å². The monoisotopic (exact) mass is 314 g/mol. The summed E-state index contributed by atoms with van der Waals surface area (Å²) in [7, 11) is 0. The van der Waals surface area contributed by atoms with E-state index in [4.69, 9.17) is 16.3 Å². The van der Waals surface area contributed by atoms with Gasteiger partial charge in [-0.15, -0.1) is 0 Å². The molecular weight excluding hydrogens is 296 g/mol. The Hall–Kier alpha value is -1.47. The molecule has 0 N–H and O–H groups in total. The lowest BCUT2D eigenvalue weighted by Gasteiger charge is -2.47. The van der Waals surface area contributed by atoms with Gasteiger partial charge in [0, 0.05) is 13.1 Å². The Kier molecular flexibility index (Phi) is 3.84. The zero-order chi connectivity index (χ0) is 16.0. The maximum Gasteiger partial charge on any atom is 0.332 e. The van der Waals surface area contributed by atoms with Crippen LogP contribution in [0.3, 0.4) is 0 Å². The van der Waals surface area contributed by atoms with Crippen molar-refractivity contribution >= 4 is 23.1 Å². The van der Waals surface area contributed by atoms with E-state index >= 15 is 0 Å². The van der Waals surface area contributed by atoms with Crippen molar-refractivity contribution in [1.29, 1.82) is 0 Å². The normalized spacial score (nSPS) is 20.4. The highest BCUT2D eigenvalue weighted by Gasteiger charge is 2.41. The van der Waals surface area contributed by atoms with Crippen molar-refractivity contribution in [3.8, 4) is 0 Å². The third-order valence-corrected chi connectivity index (χ3v) is 3.36. The molecule has 0 unspecified atom stereocenters. The number of anilines is 1. The highest BCUT2D eigenvalue weighted by molar-refractivity contribution is 6.28. The second-order valence-electron chi connectivity index (χ2n) is 6.48. The van der Waals surface area contributed by atoms with Crippen LogP contribution in [0.1, 0.15) is 33.4 Å². The predicted octanol–water partition coefficient (Wildman–Crippen LogP) is 2.74. The number of hydrogen-bond acceptors (Lipinski definition) is 6. The molecule has 1 fully saturated rings. The van der Waals surface area contributed by atoms with E-state index in [-0.39, 0.29) is 22.5 Å². The minimum absolute atomic E-state index is 0.00945. The minimum Gasteiger partial charge on any atom is -0.366 e. The molecule has 1 aliphatic rings. The molecule has 0 amide bonds. The molecule has 2 rings (SSSR count). The Morgan fingerprint density at radius 2 is 1.76 bits per heavy atom. The first kappa shape index (κ1) is 15.9. The number of rotatable bonds is 2. The molecule has 0 spiro atoms. The first-order valence-electron chi connectivity index (χ1n) is 6.64. The van der Waals surface area contributed by atoms with Gasteiger partial charge in [-0.05, 0) is 46.2 Å². The van der Waals surface area contributed by atoms with Crippen LogP contribution in [0.2, 0.25) is 5.28 Å². The molecule has 7 nitrogen and oxygen atoms in total. The number of nitrogens with zero attached hydrogens (tertiary/aromatic N) is 4. The lowest BCUT2D eigenvalue weighted by Crippen LogP contribution is -2.57. The number of aromatic nitrogens is 2. The number of morpholine rings is 1. The molecule has 2 heterocycles. The molecule has 0 aliphatic carbocycles. The standard InChI is InChI=1S/C13H19ClN4O3/c1-8-9(18(19)20)10(16-11(14)15-8)17-6-12(2,3)21-13(4,5)7-17/h6-7H2,1-5H3. The van der Waals surface area contributed by atoms with Crippen LogP contribution < -0.4 is 4.90 Å². The summed E-state index contributed by atoms with van der Waals surface area (Å²) in [6, 6.07) is 0. The SMILES string of the molecule is Cc1nc(Cl)nc(N2CC(C)(C)OC(C)(C)C2)c1[N+](=O)[O-]. The van der Waals surface area contributed by atoms with E-state index in [0.717, 1.165) is 0 Å². The summed E-state index contributed by atoms with van der Waals surface area (Å²) in [5.74, 6) is 0.252. The van der Waals surface area contributed by atoms with Gasteiger partial charge in [-0.1, -0.05) is 0 Å². The van der Waals surface area contributed by atoms with Crippen molar-refractivity contribution in [2.24, 2.45) is 0 Å².